The van der Waals surface area contributed by atoms with E-state index in [1.54, 1.807) is 36.4 Å². The van der Waals surface area contributed by atoms with Crippen LogP contribution in [-0.2, 0) is 6.42 Å². The summed E-state index contributed by atoms with van der Waals surface area (Å²) in [6.07, 6.45) is -0.708. The summed E-state index contributed by atoms with van der Waals surface area (Å²) in [5, 5.41) is 15.2. The van der Waals surface area contributed by atoms with Crippen LogP contribution < -0.4 is 15.4 Å². The Morgan fingerprint density at radius 2 is 1.68 bits per heavy atom. The number of benzene rings is 3. The Labute approximate surface area is 192 Å². The number of hydrogen-bond donors (Lipinski definition) is 3. The fourth-order valence-electron chi connectivity index (χ4n) is 3.92. The molecule has 11 heteroatoms. The van der Waals surface area contributed by atoms with E-state index >= 15 is 0 Å². The molecule has 0 fully saturated rings. The highest BCUT2D eigenvalue weighted by molar-refractivity contribution is 8.45. The highest BCUT2D eigenvalue weighted by Crippen LogP contribution is 3.02. The van der Waals surface area contributed by atoms with Gasteiger partial charge < -0.3 is 20.5 Å². The number of anilines is 1. The molecule has 0 unspecified atom stereocenters. The van der Waals surface area contributed by atoms with E-state index in [1.165, 1.54) is 19.2 Å². The molecule has 4 rings (SSSR count). The molecular formula is C23H21F5N2O3S. The van der Waals surface area contributed by atoms with Crippen molar-refractivity contribution in [3.63, 3.8) is 0 Å². The highest BCUT2D eigenvalue weighted by atomic mass is 32.5. The molecule has 34 heavy (non-hydrogen) atoms. The lowest BCUT2D eigenvalue weighted by atomic mass is 10.0. The summed E-state index contributed by atoms with van der Waals surface area (Å²) in [7, 11) is -8.56. The van der Waals surface area contributed by atoms with Gasteiger partial charge in [0, 0.05) is 5.56 Å². The number of rotatable bonds is 5. The van der Waals surface area contributed by atoms with Crippen molar-refractivity contribution < 1.29 is 34.1 Å². The molecular weight excluding hydrogens is 479 g/mol. The SMILES string of the molecule is COc1ccc(-c2ccc(S(F)(F)(F)(F)F)cc2NC(=O)N[C@@H]2Cc3ccccc3[C@@H]2O)cc1. The van der Waals surface area contributed by atoms with Gasteiger partial charge in [0.05, 0.1) is 24.9 Å². The standard InChI is InChI=1S/C23H21F5N2O3S/c1-33-16-8-6-14(7-9-16)18-11-10-17(34(24,25,26,27)28)13-20(18)29-23(32)30-21-12-15-4-2-3-5-19(15)22(21)31/h2-11,13,21-22,31H,12H2,1H3,(H2,29,30,32)/t21-,22+/m1/s1. The predicted octanol–water partition coefficient (Wildman–Crippen LogP) is 6.80. The van der Waals surface area contributed by atoms with Crippen LogP contribution in [0.1, 0.15) is 17.2 Å². The molecule has 3 aromatic carbocycles. The summed E-state index contributed by atoms with van der Waals surface area (Å²) in [6.45, 7) is 0. The third-order valence-electron chi connectivity index (χ3n) is 5.60. The fourth-order valence-corrected chi connectivity index (χ4v) is 4.59. The van der Waals surface area contributed by atoms with Crippen molar-refractivity contribution in [1.29, 1.82) is 0 Å². The van der Waals surface area contributed by atoms with Crippen molar-refractivity contribution in [1.82, 2.24) is 5.32 Å². The molecule has 182 valence electrons. The van der Waals surface area contributed by atoms with Crippen molar-refractivity contribution in [2.45, 2.75) is 23.5 Å². The van der Waals surface area contributed by atoms with Gasteiger partial charge in [-0.1, -0.05) is 61.9 Å². The first-order chi connectivity index (χ1) is 15.7. The maximum Gasteiger partial charge on any atom is 0.319 e. The zero-order chi connectivity index (χ0) is 24.8. The smallest absolute Gasteiger partial charge is 0.319 e. The first-order valence-corrected chi connectivity index (χ1v) is 12.1. The minimum absolute atomic E-state index is 0.0960. The van der Waals surface area contributed by atoms with Crippen LogP contribution in [0.5, 0.6) is 5.75 Å². The molecule has 0 aromatic heterocycles. The average molecular weight is 500 g/mol. The third-order valence-corrected chi connectivity index (χ3v) is 6.74. The number of urea groups is 1. The molecule has 1 aliphatic rings. The molecule has 2 atom stereocenters. The number of ether oxygens (including phenoxy) is 1. The maximum atomic E-state index is 13.5. The van der Waals surface area contributed by atoms with Gasteiger partial charge in [-0.3, -0.25) is 0 Å². The van der Waals surface area contributed by atoms with Crippen molar-refractivity contribution in [2.24, 2.45) is 0 Å². The number of hydrogen-bond acceptors (Lipinski definition) is 3. The summed E-state index contributed by atoms with van der Waals surface area (Å²) in [6, 6.07) is 12.9. The molecule has 3 aromatic rings. The Bertz CT molecular complexity index is 1250. The van der Waals surface area contributed by atoms with E-state index in [-0.39, 0.29) is 11.6 Å². The van der Waals surface area contributed by atoms with Gasteiger partial charge in [-0.2, -0.15) is 0 Å². The lowest BCUT2D eigenvalue weighted by molar-refractivity contribution is 0.145. The van der Waals surface area contributed by atoms with Crippen LogP contribution in [0, 0.1) is 0 Å². The van der Waals surface area contributed by atoms with Gasteiger partial charge in [-0.25, -0.2) is 4.79 Å². The first kappa shape index (κ1) is 23.8. The van der Waals surface area contributed by atoms with Gasteiger partial charge in [-0.05, 0) is 47.4 Å². The van der Waals surface area contributed by atoms with Crippen molar-refractivity contribution in [2.75, 3.05) is 12.4 Å². The number of carbonyl (C=O) groups is 1. The minimum Gasteiger partial charge on any atom is -0.497 e. The fraction of sp³-hybridized carbons (Fsp3) is 0.174. The molecule has 1 aliphatic carbocycles. The quantitative estimate of drug-likeness (QED) is 0.338. The predicted molar refractivity (Wildman–Crippen MR) is 121 cm³/mol. The topological polar surface area (TPSA) is 70.6 Å². The highest BCUT2D eigenvalue weighted by Gasteiger charge is 2.65. The number of methoxy groups -OCH3 is 1. The van der Waals surface area contributed by atoms with Gasteiger partial charge in [-0.15, -0.1) is 0 Å². The van der Waals surface area contributed by atoms with Crippen LogP contribution >= 0.6 is 10.2 Å². The second-order valence-electron chi connectivity index (χ2n) is 7.96. The molecule has 0 heterocycles. The lowest BCUT2D eigenvalue weighted by Gasteiger charge is -2.40. The van der Waals surface area contributed by atoms with E-state index in [9.17, 15) is 29.3 Å². The van der Waals surface area contributed by atoms with Gasteiger partial charge >= 0.3 is 16.3 Å². The second kappa shape index (κ2) is 7.60. The average Bonchev–Trinajstić information content (AvgIpc) is 3.07. The molecule has 5 nitrogen and oxygen atoms in total. The van der Waals surface area contributed by atoms with Crippen molar-refractivity contribution in [3.05, 3.63) is 77.9 Å². The summed E-state index contributed by atoms with van der Waals surface area (Å²) in [4.78, 5) is 10.5. The van der Waals surface area contributed by atoms with Crippen molar-refractivity contribution in [3.8, 4) is 16.9 Å². The van der Waals surface area contributed by atoms with E-state index in [0.717, 1.165) is 11.6 Å². The van der Waals surface area contributed by atoms with E-state index in [4.69, 9.17) is 4.74 Å². The van der Waals surface area contributed by atoms with Gasteiger partial charge in [0.25, 0.3) is 0 Å². The maximum absolute atomic E-state index is 13.5. The molecule has 0 radical (unpaired) electrons. The second-order valence-corrected chi connectivity index (χ2v) is 10.4. The number of nitrogens with one attached hydrogen (secondary N) is 2. The normalized spacial score (nSPS) is 19.5. The van der Waals surface area contributed by atoms with Crippen LogP contribution in [0.15, 0.2) is 71.6 Å². The third kappa shape index (κ3) is 4.95. The van der Waals surface area contributed by atoms with Crippen molar-refractivity contribution >= 4 is 21.9 Å². The molecule has 0 spiro atoms. The Hall–Kier alpha value is -3.31. The monoisotopic (exact) mass is 500 g/mol. The molecule has 0 saturated heterocycles. The van der Waals surface area contributed by atoms with E-state index < -0.39 is 39.0 Å². The van der Waals surface area contributed by atoms with Gasteiger partial charge in [0.1, 0.15) is 10.6 Å². The summed E-state index contributed by atoms with van der Waals surface area (Å²) >= 11 is 0. The molecule has 0 aliphatic heterocycles. The number of aliphatic hydroxyl groups excluding tert-OH is 1. The van der Waals surface area contributed by atoms with Crippen LogP contribution in [0.2, 0.25) is 0 Å². The Kier molecular flexibility index (Phi) is 5.33. The number of halogens is 5. The van der Waals surface area contributed by atoms with E-state index in [1.807, 2.05) is 0 Å². The van der Waals surface area contributed by atoms with E-state index in [0.29, 0.717) is 29.4 Å². The Morgan fingerprint density at radius 1 is 1.00 bits per heavy atom. The van der Waals surface area contributed by atoms with Crippen LogP contribution in [0.4, 0.5) is 29.9 Å². The largest absolute Gasteiger partial charge is 0.497 e. The molecule has 3 N–H and O–H groups in total. The minimum atomic E-state index is -10.00. The summed E-state index contributed by atoms with van der Waals surface area (Å²) < 4.78 is 72.3. The van der Waals surface area contributed by atoms with E-state index in [2.05, 4.69) is 10.6 Å². The number of fused-ring (bicyclic) bond motifs is 1. The summed E-state index contributed by atoms with van der Waals surface area (Å²) in [5.41, 5.74) is 1.46. The molecule has 2 amide bonds. The Morgan fingerprint density at radius 3 is 2.29 bits per heavy atom. The molecule has 0 bridgehead atoms. The first-order valence-electron chi connectivity index (χ1n) is 10.1. The summed E-state index contributed by atoms with van der Waals surface area (Å²) in [5.74, 6) is 0.481. The number of amides is 2. The zero-order valence-corrected chi connectivity index (χ0v) is 18.6. The van der Waals surface area contributed by atoms with Gasteiger partial charge in [0.2, 0.25) is 0 Å². The number of carbonyl (C=O) groups excluding carboxylic acids is 1. The van der Waals surface area contributed by atoms with Gasteiger partial charge in [0.15, 0.2) is 0 Å². The molecule has 0 saturated carbocycles. The Balaban J connectivity index is 1.65. The lowest BCUT2D eigenvalue weighted by Crippen LogP contribution is -2.40. The zero-order valence-electron chi connectivity index (χ0n) is 17.8. The number of aliphatic hydroxyl groups is 1. The van der Waals surface area contributed by atoms with Crippen LogP contribution in [-0.4, -0.2) is 24.3 Å². The van der Waals surface area contributed by atoms with Crippen LogP contribution in [0.25, 0.3) is 11.1 Å². The van der Waals surface area contributed by atoms with Crippen LogP contribution in [0.3, 0.4) is 0 Å².